The molecule has 7 amide bonds. The van der Waals surface area contributed by atoms with Crippen LogP contribution >= 0.6 is 0 Å². The van der Waals surface area contributed by atoms with E-state index in [0.717, 1.165) is 0 Å². The predicted molar refractivity (Wildman–Crippen MR) is 268 cm³/mol. The van der Waals surface area contributed by atoms with Crippen LogP contribution in [0.15, 0.2) is 61.2 Å². The lowest BCUT2D eigenvalue weighted by atomic mass is 10.0. The van der Waals surface area contributed by atoms with Crippen LogP contribution in [0.1, 0.15) is 92.0 Å². The third kappa shape index (κ3) is 15.9. The number of benzene rings is 3. The second-order valence-corrected chi connectivity index (χ2v) is 17.9. The molecule has 2 heterocycles. The third-order valence-electron chi connectivity index (χ3n) is 12.2. The zero-order chi connectivity index (χ0) is 53.9. The van der Waals surface area contributed by atoms with E-state index in [-0.39, 0.29) is 97.2 Å². The minimum Gasteiger partial charge on any atom is -0.504 e. The number of hydrogen-bond donors (Lipinski definition) is 8. The zero-order valence-corrected chi connectivity index (χ0v) is 42.0. The number of aromatic hydroxyl groups is 1. The first kappa shape index (κ1) is 57.1. The number of methoxy groups -OCH3 is 1. The number of aliphatic hydroxyl groups is 2. The third-order valence-corrected chi connectivity index (χ3v) is 12.2. The Bertz CT molecular complexity index is 2470. The van der Waals surface area contributed by atoms with Crippen molar-refractivity contribution in [1.29, 1.82) is 0 Å². The van der Waals surface area contributed by atoms with Crippen molar-refractivity contribution >= 4 is 53.3 Å². The van der Waals surface area contributed by atoms with Crippen molar-refractivity contribution in [2.75, 3.05) is 63.9 Å². The fourth-order valence-corrected chi connectivity index (χ4v) is 8.21. The van der Waals surface area contributed by atoms with E-state index in [0.29, 0.717) is 69.3 Å². The van der Waals surface area contributed by atoms with E-state index >= 15 is 0 Å². The standard InChI is InChI=1S/C51H67N7O16/c1-6-20-72-51(68)56-44(30(2)3)46(63)53-31(4)45(62)54-33-16-14-32(15-17-33)29-73-50(67)55-38-25-41(39(61)23-36(38)47(64)57-18-10-12-34(57)27-59)70-21-8-7-9-22-71-43-26-40(74-49(52)66)37(24-42(43)69-5)48(65)58-19-11-13-35(58)28-60/h6,14-17,23-26,30-31,34-35,44,59-61H,1,7-13,18-22,27-29H2,2-5H3,(H2,52,66)(H,53,63)(H,54,62)(H,55,67)(H,56,68)/t31-,34-,35-,44-/m0/s1. The minimum atomic E-state index is -1.13. The van der Waals surface area contributed by atoms with Crippen LogP contribution in [0.5, 0.6) is 28.7 Å². The van der Waals surface area contributed by atoms with Gasteiger partial charge in [-0.1, -0.05) is 38.6 Å². The number of nitrogens with one attached hydrogen (secondary N) is 4. The van der Waals surface area contributed by atoms with Crippen LogP contribution < -0.4 is 45.9 Å². The van der Waals surface area contributed by atoms with Crippen molar-refractivity contribution in [2.24, 2.45) is 11.7 Å². The second kappa shape index (κ2) is 27.9. The number of anilines is 2. The molecule has 0 radical (unpaired) electrons. The molecule has 9 N–H and O–H groups in total. The molecular weight excluding hydrogens is 967 g/mol. The number of hydrogen-bond acceptors (Lipinski definition) is 16. The average molecular weight is 1030 g/mol. The maximum Gasteiger partial charge on any atom is 0.411 e. The summed E-state index contributed by atoms with van der Waals surface area (Å²) in [6, 6.07) is 8.83. The number of nitrogens with zero attached hydrogens (tertiary/aromatic N) is 2. The molecule has 2 aliphatic heterocycles. The van der Waals surface area contributed by atoms with Gasteiger partial charge in [0.2, 0.25) is 11.8 Å². The number of phenolic OH excluding ortho intramolecular Hbond substituents is 1. The van der Waals surface area contributed by atoms with Gasteiger partial charge in [-0.3, -0.25) is 24.5 Å². The highest BCUT2D eigenvalue weighted by Gasteiger charge is 2.34. The summed E-state index contributed by atoms with van der Waals surface area (Å²) in [6.45, 7) is 8.75. The van der Waals surface area contributed by atoms with Gasteiger partial charge in [-0.2, -0.15) is 0 Å². The van der Waals surface area contributed by atoms with E-state index in [1.54, 1.807) is 38.1 Å². The van der Waals surface area contributed by atoms with E-state index in [9.17, 15) is 48.9 Å². The van der Waals surface area contributed by atoms with Gasteiger partial charge in [-0.25, -0.2) is 14.4 Å². The van der Waals surface area contributed by atoms with Crippen molar-refractivity contribution in [3.63, 3.8) is 0 Å². The number of nitrogens with two attached hydrogens (primary N) is 1. The Hall–Kier alpha value is -7.79. The maximum absolute atomic E-state index is 13.8. The fourth-order valence-electron chi connectivity index (χ4n) is 8.21. The number of aliphatic hydroxyl groups excluding tert-OH is 2. The highest BCUT2D eigenvalue weighted by molar-refractivity contribution is 6.04. The summed E-state index contributed by atoms with van der Waals surface area (Å²) in [5.74, 6) is -2.52. The molecule has 2 saturated heterocycles. The van der Waals surface area contributed by atoms with Gasteiger partial charge in [0.25, 0.3) is 11.8 Å². The molecule has 0 unspecified atom stereocenters. The SMILES string of the molecule is C=CCOC(=O)N[C@H](C(=O)N[C@@H](C)C(=O)Nc1ccc(COC(=O)Nc2cc(OCCCCCOc3cc(OC(N)=O)c(C(=O)N4CCC[C@H]4CO)cc3OC)c(O)cc2C(=O)N2CCC[C@H]2CO)cc1)C(C)C. The Kier molecular flexibility index (Phi) is 21.5. The number of amides is 7. The quantitative estimate of drug-likeness (QED) is 0.0321. The number of ether oxygens (including phenoxy) is 6. The second-order valence-electron chi connectivity index (χ2n) is 17.9. The number of phenols is 1. The molecule has 0 bridgehead atoms. The van der Waals surface area contributed by atoms with Gasteiger partial charge in [0.15, 0.2) is 23.0 Å². The lowest BCUT2D eigenvalue weighted by Gasteiger charge is -2.24. The first-order chi connectivity index (χ1) is 35.5. The molecule has 5 rings (SSSR count). The molecule has 2 fully saturated rings. The molecular formula is C51H67N7O16. The number of carbonyl (C=O) groups is 7. The molecule has 3 aromatic rings. The number of alkyl carbamates (subject to hydrolysis) is 1. The van der Waals surface area contributed by atoms with Crippen molar-refractivity contribution in [3.05, 3.63) is 77.9 Å². The molecule has 23 heteroatoms. The van der Waals surface area contributed by atoms with Crippen molar-refractivity contribution in [2.45, 2.75) is 96.5 Å². The highest BCUT2D eigenvalue weighted by atomic mass is 16.6. The topological polar surface area (TPSA) is 316 Å². The molecule has 0 aliphatic carbocycles. The van der Waals surface area contributed by atoms with Crippen molar-refractivity contribution in [1.82, 2.24) is 20.4 Å². The van der Waals surface area contributed by atoms with Gasteiger partial charge < -0.3 is 75.2 Å². The lowest BCUT2D eigenvalue weighted by molar-refractivity contribution is -0.128. The zero-order valence-electron chi connectivity index (χ0n) is 42.0. The van der Waals surface area contributed by atoms with E-state index < -0.39 is 60.0 Å². The molecule has 0 saturated carbocycles. The summed E-state index contributed by atoms with van der Waals surface area (Å²) in [6.07, 6.45) is 2.66. The highest BCUT2D eigenvalue weighted by Crippen LogP contribution is 2.38. The van der Waals surface area contributed by atoms with Gasteiger partial charge in [0.1, 0.15) is 31.0 Å². The Morgan fingerprint density at radius 3 is 1.95 bits per heavy atom. The van der Waals surface area contributed by atoms with E-state index in [1.165, 1.54) is 54.2 Å². The van der Waals surface area contributed by atoms with Crippen LogP contribution in [-0.2, 0) is 25.7 Å². The Labute approximate surface area is 428 Å². The average Bonchev–Trinajstić information content (AvgIpc) is 4.07. The van der Waals surface area contributed by atoms with Gasteiger partial charge in [0, 0.05) is 37.0 Å². The van der Waals surface area contributed by atoms with E-state index in [1.807, 2.05) is 0 Å². The predicted octanol–water partition coefficient (Wildman–Crippen LogP) is 4.81. The molecule has 3 aromatic carbocycles. The Morgan fingerprint density at radius 1 is 0.743 bits per heavy atom. The molecule has 74 heavy (non-hydrogen) atoms. The van der Waals surface area contributed by atoms with Gasteiger partial charge in [-0.15, -0.1) is 0 Å². The summed E-state index contributed by atoms with van der Waals surface area (Å²) < 4.78 is 32.9. The van der Waals surface area contributed by atoms with Crippen LogP contribution in [-0.4, -0.2) is 144 Å². The first-order valence-electron chi connectivity index (χ1n) is 24.3. The number of likely N-dealkylation sites (tertiary alicyclic amines) is 2. The molecule has 4 atom stereocenters. The molecule has 23 nitrogen and oxygen atoms in total. The number of rotatable bonds is 25. The normalized spacial score (nSPS) is 15.8. The molecule has 0 spiro atoms. The van der Waals surface area contributed by atoms with Crippen LogP contribution in [0.25, 0.3) is 0 Å². The van der Waals surface area contributed by atoms with E-state index in [2.05, 4.69) is 27.8 Å². The van der Waals surface area contributed by atoms with Crippen molar-refractivity contribution in [3.8, 4) is 28.7 Å². The smallest absolute Gasteiger partial charge is 0.411 e. The fraction of sp³-hybridized carbons (Fsp3) is 0.471. The Balaban J connectivity index is 1.16. The number of unbranched alkanes of at least 4 members (excludes halogenated alkanes) is 2. The molecule has 402 valence electrons. The van der Waals surface area contributed by atoms with Crippen LogP contribution in [0.3, 0.4) is 0 Å². The lowest BCUT2D eigenvalue weighted by Crippen LogP contribution is -2.53. The summed E-state index contributed by atoms with van der Waals surface area (Å²) in [4.78, 5) is 93.2. The minimum absolute atomic E-state index is 0.0119. The van der Waals surface area contributed by atoms with Crippen LogP contribution in [0.2, 0.25) is 0 Å². The van der Waals surface area contributed by atoms with Crippen LogP contribution in [0.4, 0.5) is 25.8 Å². The summed E-state index contributed by atoms with van der Waals surface area (Å²) in [5.41, 5.74) is 6.18. The number of primary amides is 1. The first-order valence-corrected chi connectivity index (χ1v) is 24.3. The van der Waals surface area contributed by atoms with Gasteiger partial charge in [0.05, 0.1) is 62.4 Å². The summed E-state index contributed by atoms with van der Waals surface area (Å²) in [7, 11) is 1.40. The Morgan fingerprint density at radius 2 is 1.36 bits per heavy atom. The molecule has 0 aromatic heterocycles. The van der Waals surface area contributed by atoms with Crippen LogP contribution in [0, 0.1) is 5.92 Å². The largest absolute Gasteiger partial charge is 0.504 e. The molecule has 2 aliphatic rings. The number of carbonyl (C=O) groups excluding carboxylic acids is 7. The maximum atomic E-state index is 13.8. The van der Waals surface area contributed by atoms with Crippen molar-refractivity contribution < 1.29 is 77.3 Å². The van der Waals surface area contributed by atoms with Gasteiger partial charge >= 0.3 is 18.3 Å². The summed E-state index contributed by atoms with van der Waals surface area (Å²) in [5, 5.41) is 41.1. The monoisotopic (exact) mass is 1030 g/mol. The van der Waals surface area contributed by atoms with Gasteiger partial charge in [-0.05, 0) is 81.5 Å². The summed E-state index contributed by atoms with van der Waals surface area (Å²) >= 11 is 0. The van der Waals surface area contributed by atoms with E-state index in [4.69, 9.17) is 34.2 Å².